The first-order chi connectivity index (χ1) is 13.1. The predicted molar refractivity (Wildman–Crippen MR) is 101 cm³/mol. The van der Waals surface area contributed by atoms with E-state index in [0.29, 0.717) is 28.1 Å². The number of amides is 2. The van der Waals surface area contributed by atoms with Gasteiger partial charge in [0, 0.05) is 17.8 Å². The van der Waals surface area contributed by atoms with E-state index in [2.05, 4.69) is 20.5 Å². The third-order valence-corrected chi connectivity index (χ3v) is 6.97. The van der Waals surface area contributed by atoms with Gasteiger partial charge in [-0.1, -0.05) is 11.8 Å². The lowest BCUT2D eigenvalue weighted by Crippen LogP contribution is -2.70. The molecule has 1 aromatic heterocycles. The summed E-state index contributed by atoms with van der Waals surface area (Å²) < 4.78 is 22.4. The highest BCUT2D eigenvalue weighted by molar-refractivity contribution is 8.01. The summed E-state index contributed by atoms with van der Waals surface area (Å²) in [6.07, 6.45) is 0.918. The molecule has 3 rings (SSSR count). The first-order valence-corrected chi connectivity index (χ1v) is 12.0. The number of aliphatic carboxylic acids is 1. The zero-order valence-corrected chi connectivity index (χ0v) is 17.3. The molecule has 14 heteroatoms. The number of aryl methyl sites for hydroxylation is 1. The van der Waals surface area contributed by atoms with Crippen LogP contribution in [-0.4, -0.2) is 86.3 Å². The highest BCUT2D eigenvalue weighted by Crippen LogP contribution is 2.41. The highest BCUT2D eigenvalue weighted by atomic mass is 32.2. The van der Waals surface area contributed by atoms with Crippen LogP contribution in [0.15, 0.2) is 16.4 Å². The van der Waals surface area contributed by atoms with Gasteiger partial charge < -0.3 is 10.4 Å². The van der Waals surface area contributed by atoms with E-state index in [1.807, 2.05) is 0 Å². The Morgan fingerprint density at radius 1 is 1.46 bits per heavy atom. The summed E-state index contributed by atoms with van der Waals surface area (Å²) in [7, 11) is -3.53. The number of fused-ring (bicyclic) bond motifs is 1. The number of aromatic amines is 1. The number of nitrogens with zero attached hydrogens (tertiary/aromatic N) is 3. The molecule has 2 amide bonds. The smallest absolute Gasteiger partial charge is 0.352 e. The second-order valence-corrected chi connectivity index (χ2v) is 10.5. The average molecular weight is 448 g/mol. The minimum absolute atomic E-state index is 0.109. The number of carbonyl (C=O) groups excluding carboxylic acids is 2. The summed E-state index contributed by atoms with van der Waals surface area (Å²) in [5.74, 6) is -2.04. The van der Waals surface area contributed by atoms with Gasteiger partial charge in [0.15, 0.2) is 9.84 Å². The number of aromatic nitrogens is 3. The van der Waals surface area contributed by atoms with Crippen LogP contribution in [0.25, 0.3) is 0 Å². The van der Waals surface area contributed by atoms with Gasteiger partial charge in [-0.2, -0.15) is 0 Å². The number of hydrogen-bond acceptors (Lipinski definition) is 9. The van der Waals surface area contributed by atoms with E-state index >= 15 is 0 Å². The van der Waals surface area contributed by atoms with E-state index in [0.717, 1.165) is 11.2 Å². The van der Waals surface area contributed by atoms with Gasteiger partial charge in [-0.15, -0.1) is 16.9 Å². The molecule has 0 unspecified atom stereocenters. The lowest BCUT2D eigenvalue weighted by Gasteiger charge is -2.49. The van der Waals surface area contributed by atoms with Gasteiger partial charge in [0.25, 0.3) is 5.91 Å². The van der Waals surface area contributed by atoms with E-state index in [4.69, 9.17) is 0 Å². The van der Waals surface area contributed by atoms with Crippen molar-refractivity contribution in [2.45, 2.75) is 23.5 Å². The molecule has 2 atom stereocenters. The number of nitrogens with one attached hydrogen (secondary N) is 2. The fraction of sp³-hybridized carbons (Fsp3) is 0.500. The molecule has 3 heterocycles. The Morgan fingerprint density at radius 2 is 2.18 bits per heavy atom. The molecule has 1 fully saturated rings. The minimum atomic E-state index is -3.53. The van der Waals surface area contributed by atoms with Crippen LogP contribution in [0.3, 0.4) is 0 Å². The molecule has 0 spiro atoms. The predicted octanol–water partition coefficient (Wildman–Crippen LogP) is -1.01. The summed E-state index contributed by atoms with van der Waals surface area (Å²) in [5.41, 5.74) is 0.442. The summed E-state index contributed by atoms with van der Waals surface area (Å²) in [6.45, 7) is 1.75. The fourth-order valence-corrected chi connectivity index (χ4v) is 5.67. The quantitative estimate of drug-likeness (QED) is 0.348. The molecule has 0 aromatic carbocycles. The second kappa shape index (κ2) is 7.75. The number of rotatable bonds is 7. The van der Waals surface area contributed by atoms with Crippen molar-refractivity contribution < 1.29 is 27.9 Å². The molecule has 0 aliphatic carbocycles. The maximum Gasteiger partial charge on any atom is 0.352 e. The standard InChI is InChI=1S/C14H17N5O6S3/c1-6-15-14(18-17-6)27-4-7-3-26-12-9(16-8(20)5-28(2,24)25)11(21)19(12)10(7)13(22)23/h9,12H,3-5H2,1-2H3,(H,16,20)(H,22,23)(H,15,17,18)/t9-,12-/m1/s1. The number of carboxylic acid groups (broad SMARTS) is 1. The normalized spacial score (nSPS) is 21.9. The summed E-state index contributed by atoms with van der Waals surface area (Å²) in [4.78, 5) is 41.3. The number of carbonyl (C=O) groups is 3. The zero-order chi connectivity index (χ0) is 20.6. The summed E-state index contributed by atoms with van der Waals surface area (Å²) in [6, 6.07) is -0.946. The minimum Gasteiger partial charge on any atom is -0.477 e. The van der Waals surface area contributed by atoms with Crippen LogP contribution in [0.1, 0.15) is 5.82 Å². The van der Waals surface area contributed by atoms with Crippen molar-refractivity contribution in [1.82, 2.24) is 25.4 Å². The molecular weight excluding hydrogens is 430 g/mol. The zero-order valence-electron chi connectivity index (χ0n) is 14.8. The van der Waals surface area contributed by atoms with Crippen molar-refractivity contribution >= 4 is 51.1 Å². The monoisotopic (exact) mass is 447 g/mol. The number of H-pyrrole nitrogens is 1. The first kappa shape index (κ1) is 20.7. The summed E-state index contributed by atoms with van der Waals surface area (Å²) >= 11 is 2.57. The molecule has 28 heavy (non-hydrogen) atoms. The maximum atomic E-state index is 12.4. The molecule has 0 radical (unpaired) electrons. The van der Waals surface area contributed by atoms with Gasteiger partial charge in [0.1, 0.15) is 28.7 Å². The fourth-order valence-electron chi connectivity index (χ4n) is 2.79. The van der Waals surface area contributed by atoms with Crippen molar-refractivity contribution in [2.75, 3.05) is 23.5 Å². The van der Waals surface area contributed by atoms with Crippen molar-refractivity contribution in [3.8, 4) is 0 Å². The van der Waals surface area contributed by atoms with Crippen LogP contribution in [0, 0.1) is 6.92 Å². The van der Waals surface area contributed by atoms with Crippen molar-refractivity contribution in [3.63, 3.8) is 0 Å². The molecule has 1 saturated heterocycles. The van der Waals surface area contributed by atoms with Crippen LogP contribution in [-0.2, 0) is 24.2 Å². The molecular formula is C14H17N5O6S3. The van der Waals surface area contributed by atoms with Gasteiger partial charge in [0.05, 0.1) is 0 Å². The van der Waals surface area contributed by atoms with Crippen molar-refractivity contribution in [2.24, 2.45) is 0 Å². The van der Waals surface area contributed by atoms with Crippen molar-refractivity contribution in [1.29, 1.82) is 0 Å². The molecule has 2 aliphatic rings. The van der Waals surface area contributed by atoms with Crippen LogP contribution in [0.2, 0.25) is 0 Å². The number of hydrogen-bond donors (Lipinski definition) is 3. The molecule has 2 aliphatic heterocycles. The van der Waals surface area contributed by atoms with E-state index in [9.17, 15) is 27.9 Å². The lowest BCUT2D eigenvalue weighted by molar-refractivity contribution is -0.150. The van der Waals surface area contributed by atoms with E-state index < -0.39 is 44.8 Å². The second-order valence-electron chi connectivity index (χ2n) is 6.27. The van der Waals surface area contributed by atoms with Crippen LogP contribution in [0.5, 0.6) is 0 Å². The molecule has 1 aromatic rings. The Bertz CT molecular complexity index is 972. The Morgan fingerprint density at radius 3 is 2.75 bits per heavy atom. The topological polar surface area (TPSA) is 162 Å². The van der Waals surface area contributed by atoms with E-state index in [1.165, 1.54) is 23.5 Å². The third kappa shape index (κ3) is 4.33. The van der Waals surface area contributed by atoms with Crippen LogP contribution >= 0.6 is 23.5 Å². The molecule has 11 nitrogen and oxygen atoms in total. The third-order valence-electron chi connectivity index (χ3n) is 3.91. The van der Waals surface area contributed by atoms with Crippen LogP contribution in [0.4, 0.5) is 0 Å². The van der Waals surface area contributed by atoms with Crippen molar-refractivity contribution in [3.05, 3.63) is 17.1 Å². The number of thioether (sulfide) groups is 2. The average Bonchev–Trinajstić information content (AvgIpc) is 3.00. The highest BCUT2D eigenvalue weighted by Gasteiger charge is 2.54. The molecule has 0 bridgehead atoms. The first-order valence-electron chi connectivity index (χ1n) is 7.95. The van der Waals surface area contributed by atoms with Crippen LogP contribution < -0.4 is 5.32 Å². The lowest BCUT2D eigenvalue weighted by atomic mass is 10.0. The maximum absolute atomic E-state index is 12.4. The largest absolute Gasteiger partial charge is 0.477 e. The molecule has 152 valence electrons. The number of sulfone groups is 1. The molecule has 0 saturated carbocycles. The number of carboxylic acids is 1. The van der Waals surface area contributed by atoms with E-state index in [1.54, 1.807) is 6.92 Å². The Hall–Kier alpha value is -2.06. The Labute approximate surface area is 168 Å². The van der Waals surface area contributed by atoms with Gasteiger partial charge in [0.2, 0.25) is 11.1 Å². The van der Waals surface area contributed by atoms with E-state index in [-0.39, 0.29) is 5.70 Å². The van der Waals surface area contributed by atoms with Gasteiger partial charge in [-0.05, 0) is 12.5 Å². The summed E-state index contributed by atoms with van der Waals surface area (Å²) in [5, 5.41) is 18.5. The molecule has 3 N–H and O–H groups in total. The van der Waals surface area contributed by atoms with Gasteiger partial charge >= 0.3 is 5.97 Å². The SMILES string of the molecule is Cc1nc(SCC2=C(C(=O)O)N3C(=O)[C@@H](NC(=O)CS(C)(=O)=O)[C@H]3SC2)n[nH]1. The Balaban J connectivity index is 1.72. The Kier molecular flexibility index (Phi) is 5.72. The van der Waals surface area contributed by atoms with Gasteiger partial charge in [-0.25, -0.2) is 18.2 Å². The number of β-lactam (4-membered cyclic amide) rings is 1. The van der Waals surface area contributed by atoms with Gasteiger partial charge in [-0.3, -0.25) is 19.6 Å².